The molecule has 0 aliphatic rings. The topological polar surface area (TPSA) is 45.2 Å². The molecule has 0 saturated heterocycles. The predicted molar refractivity (Wildman–Crippen MR) is 59.6 cm³/mol. The molecule has 14 heavy (non-hydrogen) atoms. The highest BCUT2D eigenvalue weighted by atomic mass is 32.1. The molecule has 4 heteroatoms. The predicted octanol–water partition coefficient (Wildman–Crippen LogP) is 1.87. The van der Waals surface area contributed by atoms with Crippen molar-refractivity contribution < 1.29 is 5.11 Å². The molecule has 0 radical (unpaired) electrons. The first-order valence-corrected chi connectivity index (χ1v) is 5.80. The van der Waals surface area contributed by atoms with Crippen molar-refractivity contribution in [3.8, 4) is 0 Å². The fourth-order valence-electron chi connectivity index (χ4n) is 1.51. The highest BCUT2D eigenvalue weighted by Crippen LogP contribution is 2.21. The summed E-state index contributed by atoms with van der Waals surface area (Å²) in [7, 11) is 0. The van der Waals surface area contributed by atoms with E-state index in [2.05, 4.69) is 24.1 Å². The van der Waals surface area contributed by atoms with Crippen LogP contribution in [0.3, 0.4) is 0 Å². The molecule has 0 spiro atoms. The minimum Gasteiger partial charge on any atom is -0.396 e. The van der Waals surface area contributed by atoms with E-state index >= 15 is 0 Å². The maximum Gasteiger partial charge on any atom is 0.0798 e. The summed E-state index contributed by atoms with van der Waals surface area (Å²) in [6.07, 6.45) is 0.794. The van der Waals surface area contributed by atoms with Gasteiger partial charge in [-0.25, -0.2) is 4.98 Å². The third-order valence-electron chi connectivity index (χ3n) is 2.27. The second kappa shape index (κ2) is 5.44. The number of nitrogens with one attached hydrogen (secondary N) is 1. The SMILES string of the molecule is Cc1ncsc1C(C)N[C@H](C)CCO. The van der Waals surface area contributed by atoms with Crippen molar-refractivity contribution in [2.24, 2.45) is 0 Å². The van der Waals surface area contributed by atoms with Crippen LogP contribution in [0.1, 0.15) is 36.9 Å². The monoisotopic (exact) mass is 214 g/mol. The summed E-state index contributed by atoms with van der Waals surface area (Å²) < 4.78 is 0. The molecule has 0 bridgehead atoms. The van der Waals surface area contributed by atoms with Crippen LogP contribution in [0.25, 0.3) is 0 Å². The molecule has 3 nitrogen and oxygen atoms in total. The summed E-state index contributed by atoms with van der Waals surface area (Å²) in [5.41, 5.74) is 2.98. The second-order valence-corrected chi connectivity index (χ2v) is 4.49. The van der Waals surface area contributed by atoms with Gasteiger partial charge in [0.25, 0.3) is 0 Å². The molecule has 2 atom stereocenters. The van der Waals surface area contributed by atoms with E-state index in [1.165, 1.54) is 4.88 Å². The van der Waals surface area contributed by atoms with Crippen molar-refractivity contribution in [1.82, 2.24) is 10.3 Å². The Balaban J connectivity index is 2.50. The minimum atomic E-state index is 0.239. The lowest BCUT2D eigenvalue weighted by Crippen LogP contribution is -2.29. The average molecular weight is 214 g/mol. The quantitative estimate of drug-likeness (QED) is 0.786. The van der Waals surface area contributed by atoms with Crippen LogP contribution < -0.4 is 5.32 Å². The third-order valence-corrected chi connectivity index (χ3v) is 3.39. The van der Waals surface area contributed by atoms with Gasteiger partial charge in [-0.15, -0.1) is 11.3 Å². The molecule has 2 N–H and O–H groups in total. The van der Waals surface area contributed by atoms with Crippen LogP contribution in [0.5, 0.6) is 0 Å². The first-order valence-electron chi connectivity index (χ1n) is 4.92. The van der Waals surface area contributed by atoms with Gasteiger partial charge in [-0.2, -0.15) is 0 Å². The van der Waals surface area contributed by atoms with Crippen LogP contribution in [-0.4, -0.2) is 22.7 Å². The lowest BCUT2D eigenvalue weighted by atomic mass is 10.2. The maximum atomic E-state index is 8.78. The Morgan fingerprint density at radius 3 is 2.79 bits per heavy atom. The number of nitrogens with zero attached hydrogens (tertiary/aromatic N) is 1. The molecular weight excluding hydrogens is 196 g/mol. The summed E-state index contributed by atoms with van der Waals surface area (Å²) in [6.45, 7) is 6.49. The van der Waals surface area contributed by atoms with E-state index in [1.54, 1.807) is 11.3 Å². The smallest absolute Gasteiger partial charge is 0.0798 e. The van der Waals surface area contributed by atoms with Crippen LogP contribution in [-0.2, 0) is 0 Å². The summed E-state index contributed by atoms with van der Waals surface area (Å²) in [6, 6.07) is 0.667. The van der Waals surface area contributed by atoms with E-state index in [-0.39, 0.29) is 6.61 Å². The number of aliphatic hydroxyl groups excluding tert-OH is 1. The lowest BCUT2D eigenvalue weighted by Gasteiger charge is -2.18. The van der Waals surface area contributed by atoms with E-state index in [4.69, 9.17) is 5.11 Å². The lowest BCUT2D eigenvalue weighted by molar-refractivity contribution is 0.265. The number of thiazole rings is 1. The van der Waals surface area contributed by atoms with Crippen LogP contribution >= 0.6 is 11.3 Å². The van der Waals surface area contributed by atoms with Gasteiger partial charge in [-0.05, 0) is 27.2 Å². The number of rotatable bonds is 5. The van der Waals surface area contributed by atoms with Crippen molar-refractivity contribution in [3.63, 3.8) is 0 Å². The van der Waals surface area contributed by atoms with Gasteiger partial charge >= 0.3 is 0 Å². The zero-order valence-corrected chi connectivity index (χ0v) is 9.77. The molecule has 0 fully saturated rings. The molecule has 0 aromatic carbocycles. The molecular formula is C10H18N2OS. The summed E-state index contributed by atoms with van der Waals surface area (Å²) in [5, 5.41) is 12.2. The largest absolute Gasteiger partial charge is 0.396 e. The molecule has 0 amide bonds. The molecule has 0 aliphatic heterocycles. The summed E-state index contributed by atoms with van der Waals surface area (Å²) >= 11 is 1.68. The van der Waals surface area contributed by atoms with E-state index in [0.29, 0.717) is 12.1 Å². The maximum absolute atomic E-state index is 8.78. The van der Waals surface area contributed by atoms with E-state index in [0.717, 1.165) is 12.1 Å². The standard InChI is InChI=1S/C10H18N2OS/c1-7(4-5-13)12-9(3)10-8(2)11-6-14-10/h6-7,9,12-13H,4-5H2,1-3H3/t7-,9?/m1/s1. The number of aliphatic hydroxyl groups is 1. The molecule has 1 aromatic rings. The Morgan fingerprint density at radius 2 is 2.29 bits per heavy atom. The molecule has 1 rings (SSSR count). The summed E-state index contributed by atoms with van der Waals surface area (Å²) in [4.78, 5) is 5.51. The Bertz CT molecular complexity index is 275. The van der Waals surface area contributed by atoms with Crippen LogP contribution in [0.4, 0.5) is 0 Å². The average Bonchev–Trinajstić information content (AvgIpc) is 2.51. The number of hydrogen-bond donors (Lipinski definition) is 2. The van der Waals surface area contributed by atoms with Gasteiger partial charge in [0.15, 0.2) is 0 Å². The van der Waals surface area contributed by atoms with Crippen LogP contribution in [0.15, 0.2) is 5.51 Å². The van der Waals surface area contributed by atoms with Crippen molar-refractivity contribution in [2.45, 2.75) is 39.3 Å². The molecule has 0 saturated carbocycles. The van der Waals surface area contributed by atoms with Crippen molar-refractivity contribution in [3.05, 3.63) is 16.1 Å². The molecule has 0 aliphatic carbocycles. The van der Waals surface area contributed by atoms with Crippen molar-refractivity contribution in [1.29, 1.82) is 0 Å². The van der Waals surface area contributed by atoms with Gasteiger partial charge in [-0.3, -0.25) is 0 Å². The molecule has 1 aromatic heterocycles. The van der Waals surface area contributed by atoms with E-state index in [1.807, 2.05) is 12.4 Å². The molecule has 80 valence electrons. The van der Waals surface area contributed by atoms with Crippen molar-refractivity contribution in [2.75, 3.05) is 6.61 Å². The Morgan fingerprint density at radius 1 is 1.57 bits per heavy atom. The van der Waals surface area contributed by atoms with E-state index in [9.17, 15) is 0 Å². The molecule has 1 heterocycles. The normalized spacial score (nSPS) is 15.4. The van der Waals surface area contributed by atoms with Crippen molar-refractivity contribution >= 4 is 11.3 Å². The summed E-state index contributed by atoms with van der Waals surface area (Å²) in [5.74, 6) is 0. The van der Waals surface area contributed by atoms with E-state index < -0.39 is 0 Å². The van der Waals surface area contributed by atoms with Gasteiger partial charge in [-0.1, -0.05) is 0 Å². The van der Waals surface area contributed by atoms with Gasteiger partial charge in [0.05, 0.1) is 11.2 Å². The van der Waals surface area contributed by atoms with Gasteiger partial charge < -0.3 is 10.4 Å². The second-order valence-electron chi connectivity index (χ2n) is 3.60. The van der Waals surface area contributed by atoms with Crippen LogP contribution in [0.2, 0.25) is 0 Å². The van der Waals surface area contributed by atoms with Crippen LogP contribution in [0, 0.1) is 6.92 Å². The first kappa shape index (κ1) is 11.6. The Labute approximate surface area is 89.2 Å². The first-order chi connectivity index (χ1) is 6.65. The fourth-order valence-corrected chi connectivity index (χ4v) is 2.33. The van der Waals surface area contributed by atoms with Gasteiger partial charge in [0.2, 0.25) is 0 Å². The number of aromatic nitrogens is 1. The Kier molecular flexibility index (Phi) is 4.51. The zero-order valence-electron chi connectivity index (χ0n) is 8.95. The van der Waals surface area contributed by atoms with Gasteiger partial charge in [0, 0.05) is 23.6 Å². The Hall–Kier alpha value is -0.450. The minimum absolute atomic E-state index is 0.239. The number of aryl methyl sites for hydroxylation is 1. The van der Waals surface area contributed by atoms with Gasteiger partial charge in [0.1, 0.15) is 0 Å². The highest BCUT2D eigenvalue weighted by molar-refractivity contribution is 7.09. The molecule has 1 unspecified atom stereocenters. The highest BCUT2D eigenvalue weighted by Gasteiger charge is 2.12. The zero-order chi connectivity index (χ0) is 10.6. The third kappa shape index (κ3) is 3.04. The fraction of sp³-hybridized carbons (Fsp3) is 0.700. The number of hydrogen-bond acceptors (Lipinski definition) is 4.